The summed E-state index contributed by atoms with van der Waals surface area (Å²) in [4.78, 5) is 49.4. The zero-order valence-electron chi connectivity index (χ0n) is 13.4. The van der Waals surface area contributed by atoms with Gasteiger partial charge in [-0.2, -0.15) is 16.1 Å². The molecule has 142 valence electrons. The number of hydrogen-bond acceptors (Lipinski definition) is 10. The fourth-order valence-corrected chi connectivity index (χ4v) is 1.74. The summed E-state index contributed by atoms with van der Waals surface area (Å²) in [5, 5.41) is 33.6. The third kappa shape index (κ3) is 13.5. The molecule has 0 unspecified atom stereocenters. The highest BCUT2D eigenvalue weighted by Crippen LogP contribution is 1.92. The first-order chi connectivity index (χ1) is 11.7. The van der Waals surface area contributed by atoms with Crippen molar-refractivity contribution < 1.29 is 39.3 Å². The van der Waals surface area contributed by atoms with Crippen LogP contribution in [0.25, 0.3) is 0 Å². The first-order valence-electron chi connectivity index (χ1n) is 7.07. The van der Waals surface area contributed by atoms with E-state index >= 15 is 0 Å². The molecule has 13 heteroatoms. The standard InChI is InChI=1S/C12H21N5O8/c13-25-12(24)8-17(7-11(22)23)4-2-15-14-1-3-16(5-9(18)19)6-10(20)21/h1-8,13H2,(H,18,19)(H,20,21)(H,22,23). The van der Waals surface area contributed by atoms with Gasteiger partial charge in [-0.05, 0) is 0 Å². The topological polar surface area (TPSA) is 195 Å². The first kappa shape index (κ1) is 22.4. The van der Waals surface area contributed by atoms with Crippen molar-refractivity contribution in [1.29, 1.82) is 0 Å². The van der Waals surface area contributed by atoms with E-state index in [1.807, 2.05) is 0 Å². The maximum atomic E-state index is 11.1. The number of carbonyl (C=O) groups is 4. The van der Waals surface area contributed by atoms with Crippen LogP contribution >= 0.6 is 0 Å². The summed E-state index contributed by atoms with van der Waals surface area (Å²) in [6, 6.07) is 0. The van der Waals surface area contributed by atoms with Gasteiger partial charge in [-0.3, -0.25) is 24.2 Å². The Bertz CT molecular complexity index is 482. The first-order valence-corrected chi connectivity index (χ1v) is 7.07. The highest BCUT2D eigenvalue weighted by Gasteiger charge is 2.14. The van der Waals surface area contributed by atoms with E-state index in [0.29, 0.717) is 0 Å². The summed E-state index contributed by atoms with van der Waals surface area (Å²) >= 11 is 0. The molecular formula is C12H21N5O8. The third-order valence-electron chi connectivity index (χ3n) is 2.69. The van der Waals surface area contributed by atoms with Crippen molar-refractivity contribution in [3.63, 3.8) is 0 Å². The van der Waals surface area contributed by atoms with Gasteiger partial charge in [0.2, 0.25) is 0 Å². The number of rotatable bonds is 14. The molecule has 0 radical (unpaired) electrons. The van der Waals surface area contributed by atoms with Crippen molar-refractivity contribution in [2.45, 2.75) is 0 Å². The number of azo groups is 1. The molecule has 5 N–H and O–H groups in total. The Morgan fingerprint density at radius 3 is 1.44 bits per heavy atom. The van der Waals surface area contributed by atoms with Crippen molar-refractivity contribution >= 4 is 23.9 Å². The minimum absolute atomic E-state index is 0.0737. The van der Waals surface area contributed by atoms with Crippen LogP contribution in [0.3, 0.4) is 0 Å². The zero-order valence-corrected chi connectivity index (χ0v) is 13.4. The number of nitrogens with two attached hydrogens (primary N) is 1. The molecular weight excluding hydrogens is 342 g/mol. The van der Waals surface area contributed by atoms with E-state index in [-0.39, 0.29) is 32.7 Å². The molecule has 0 bridgehead atoms. The van der Waals surface area contributed by atoms with E-state index in [9.17, 15) is 19.2 Å². The van der Waals surface area contributed by atoms with Crippen molar-refractivity contribution in [3.05, 3.63) is 0 Å². The lowest BCUT2D eigenvalue weighted by Gasteiger charge is -2.17. The normalized spacial score (nSPS) is 11.2. The van der Waals surface area contributed by atoms with Crippen molar-refractivity contribution in [2.24, 2.45) is 16.1 Å². The highest BCUT2D eigenvalue weighted by atomic mass is 16.7. The molecule has 0 aromatic heterocycles. The lowest BCUT2D eigenvalue weighted by molar-refractivity contribution is -0.147. The van der Waals surface area contributed by atoms with Gasteiger partial charge < -0.3 is 20.2 Å². The molecule has 0 fully saturated rings. The van der Waals surface area contributed by atoms with Crippen LogP contribution in [-0.2, 0) is 24.0 Å². The number of hydrogen-bond donors (Lipinski definition) is 4. The predicted molar refractivity (Wildman–Crippen MR) is 80.7 cm³/mol. The van der Waals surface area contributed by atoms with Gasteiger partial charge >= 0.3 is 23.9 Å². The number of nitrogens with zero attached hydrogens (tertiary/aromatic N) is 4. The maximum Gasteiger partial charge on any atom is 0.338 e. The van der Waals surface area contributed by atoms with Gasteiger partial charge in [0.15, 0.2) is 0 Å². The molecule has 13 nitrogen and oxygen atoms in total. The molecule has 0 aliphatic carbocycles. The van der Waals surface area contributed by atoms with Gasteiger partial charge in [-0.25, -0.2) is 4.79 Å². The van der Waals surface area contributed by atoms with Crippen LogP contribution in [0.4, 0.5) is 0 Å². The average molecular weight is 363 g/mol. The molecule has 0 aliphatic rings. The van der Waals surface area contributed by atoms with E-state index in [1.165, 1.54) is 9.80 Å². The highest BCUT2D eigenvalue weighted by molar-refractivity contribution is 5.74. The van der Waals surface area contributed by atoms with Crippen LogP contribution in [-0.4, -0.2) is 101 Å². The van der Waals surface area contributed by atoms with Crippen LogP contribution in [0.15, 0.2) is 10.2 Å². The largest absolute Gasteiger partial charge is 0.480 e. The second-order valence-electron chi connectivity index (χ2n) is 4.82. The number of carboxylic acid groups (broad SMARTS) is 3. The smallest absolute Gasteiger partial charge is 0.338 e. The van der Waals surface area contributed by atoms with Gasteiger partial charge in [0.25, 0.3) is 0 Å². The molecule has 0 saturated heterocycles. The van der Waals surface area contributed by atoms with Crippen LogP contribution in [0.2, 0.25) is 0 Å². The molecule has 25 heavy (non-hydrogen) atoms. The zero-order chi connectivity index (χ0) is 19.2. The molecule has 0 atom stereocenters. The average Bonchev–Trinajstić information content (AvgIpc) is 2.48. The van der Waals surface area contributed by atoms with Crippen molar-refractivity contribution in [3.8, 4) is 0 Å². The Kier molecular flexibility index (Phi) is 11.4. The second kappa shape index (κ2) is 12.7. The lowest BCUT2D eigenvalue weighted by atomic mass is 10.4. The fourth-order valence-electron chi connectivity index (χ4n) is 1.74. The molecule has 0 saturated carbocycles. The minimum Gasteiger partial charge on any atom is -0.480 e. The van der Waals surface area contributed by atoms with Crippen LogP contribution in [0.5, 0.6) is 0 Å². The molecule has 0 amide bonds. The molecule has 0 aromatic rings. The van der Waals surface area contributed by atoms with Gasteiger partial charge in [0.05, 0.1) is 39.3 Å². The summed E-state index contributed by atoms with van der Waals surface area (Å²) in [6.45, 7) is -1.24. The van der Waals surface area contributed by atoms with E-state index in [2.05, 4.69) is 21.0 Å². The Labute approximate surface area is 142 Å². The SMILES string of the molecule is NOC(=O)CN(CCN=NCCN(CC(=O)O)CC(=O)O)CC(=O)O. The fraction of sp³-hybridized carbons (Fsp3) is 0.667. The summed E-state index contributed by atoms with van der Waals surface area (Å²) < 4.78 is 0. The van der Waals surface area contributed by atoms with Crippen LogP contribution in [0.1, 0.15) is 0 Å². The Morgan fingerprint density at radius 1 is 0.760 bits per heavy atom. The summed E-state index contributed by atoms with van der Waals surface area (Å²) in [5.74, 6) is 0.438. The van der Waals surface area contributed by atoms with Crippen molar-refractivity contribution in [2.75, 3.05) is 52.4 Å². The lowest BCUT2D eigenvalue weighted by Crippen LogP contribution is -2.37. The quantitative estimate of drug-likeness (QED) is 0.191. The minimum atomic E-state index is -1.16. The van der Waals surface area contributed by atoms with Gasteiger partial charge in [0, 0.05) is 13.1 Å². The van der Waals surface area contributed by atoms with Gasteiger partial charge in [-0.1, -0.05) is 0 Å². The molecule has 0 aromatic carbocycles. The predicted octanol–water partition coefficient (Wildman–Crippen LogP) is -2.29. The number of carboxylic acids is 3. The number of aliphatic carboxylic acids is 3. The Morgan fingerprint density at radius 2 is 1.12 bits per heavy atom. The molecule has 0 rings (SSSR count). The van der Waals surface area contributed by atoms with E-state index in [1.54, 1.807) is 0 Å². The van der Waals surface area contributed by atoms with Crippen LogP contribution < -0.4 is 5.90 Å². The Balaban J connectivity index is 4.25. The maximum absolute atomic E-state index is 11.1. The monoisotopic (exact) mass is 363 g/mol. The van der Waals surface area contributed by atoms with Crippen LogP contribution in [0, 0.1) is 0 Å². The van der Waals surface area contributed by atoms with Gasteiger partial charge in [-0.15, -0.1) is 0 Å². The van der Waals surface area contributed by atoms with E-state index in [0.717, 1.165) is 0 Å². The summed E-state index contributed by atoms with van der Waals surface area (Å²) in [5.41, 5.74) is 0. The summed E-state index contributed by atoms with van der Waals surface area (Å²) in [7, 11) is 0. The third-order valence-corrected chi connectivity index (χ3v) is 2.69. The second-order valence-corrected chi connectivity index (χ2v) is 4.82. The number of carbonyl (C=O) groups excluding carboxylic acids is 1. The van der Waals surface area contributed by atoms with Crippen molar-refractivity contribution in [1.82, 2.24) is 9.80 Å². The summed E-state index contributed by atoms with van der Waals surface area (Å²) in [6.07, 6.45) is 0. The van der Waals surface area contributed by atoms with E-state index in [4.69, 9.17) is 15.3 Å². The molecule has 0 spiro atoms. The van der Waals surface area contributed by atoms with E-state index < -0.39 is 43.5 Å². The molecule has 0 aliphatic heterocycles. The Hall–Kier alpha value is -2.64. The van der Waals surface area contributed by atoms with Gasteiger partial charge in [0.1, 0.15) is 0 Å². The molecule has 0 heterocycles.